The molecule has 0 aliphatic carbocycles. The van der Waals surface area contributed by atoms with E-state index in [-0.39, 0.29) is 11.9 Å². The van der Waals surface area contributed by atoms with Gasteiger partial charge in [0, 0.05) is 18.1 Å². The summed E-state index contributed by atoms with van der Waals surface area (Å²) in [6, 6.07) is 20.5. The second-order valence-electron chi connectivity index (χ2n) is 4.78. The van der Waals surface area contributed by atoms with Crippen LogP contribution in [0.4, 0.5) is 10.1 Å². The minimum absolute atomic E-state index is 0.0454. The predicted octanol–water partition coefficient (Wildman–Crippen LogP) is 4.42. The summed E-state index contributed by atoms with van der Waals surface area (Å²) in [7, 11) is 0. The summed E-state index contributed by atoms with van der Waals surface area (Å²) in [5, 5.41) is 3.38. The first-order valence-corrected chi connectivity index (χ1v) is 6.80. The van der Waals surface area contributed by atoms with Crippen molar-refractivity contribution in [3.63, 3.8) is 0 Å². The molecule has 0 amide bonds. The summed E-state index contributed by atoms with van der Waals surface area (Å²) in [4.78, 5) is 4.05. The SMILES string of the molecule is Fc1cccc(NC(c2ccccc2)c2ccncc2)c1. The van der Waals surface area contributed by atoms with E-state index in [1.54, 1.807) is 18.5 Å². The number of benzene rings is 2. The maximum atomic E-state index is 13.4. The number of pyridine rings is 1. The van der Waals surface area contributed by atoms with Gasteiger partial charge in [-0.2, -0.15) is 0 Å². The third-order valence-electron chi connectivity index (χ3n) is 3.31. The Morgan fingerprint density at radius 3 is 2.24 bits per heavy atom. The molecule has 1 atom stereocenters. The van der Waals surface area contributed by atoms with Crippen molar-refractivity contribution in [1.82, 2.24) is 4.98 Å². The van der Waals surface area contributed by atoms with Crippen LogP contribution in [0.2, 0.25) is 0 Å². The molecule has 0 fully saturated rings. The third-order valence-corrected chi connectivity index (χ3v) is 3.31. The number of hydrogen-bond donors (Lipinski definition) is 1. The smallest absolute Gasteiger partial charge is 0.125 e. The van der Waals surface area contributed by atoms with E-state index in [4.69, 9.17) is 0 Å². The van der Waals surface area contributed by atoms with E-state index in [1.807, 2.05) is 36.4 Å². The van der Waals surface area contributed by atoms with Crippen molar-refractivity contribution in [2.45, 2.75) is 6.04 Å². The Kier molecular flexibility index (Phi) is 3.92. The average Bonchev–Trinajstić information content (AvgIpc) is 2.54. The minimum Gasteiger partial charge on any atom is -0.374 e. The Labute approximate surface area is 123 Å². The van der Waals surface area contributed by atoms with Gasteiger partial charge in [0.2, 0.25) is 0 Å². The van der Waals surface area contributed by atoms with Gasteiger partial charge >= 0.3 is 0 Å². The van der Waals surface area contributed by atoms with E-state index in [1.165, 1.54) is 12.1 Å². The highest BCUT2D eigenvalue weighted by molar-refractivity contribution is 5.49. The number of nitrogens with one attached hydrogen (secondary N) is 1. The molecule has 104 valence electrons. The van der Waals surface area contributed by atoms with Crippen LogP contribution < -0.4 is 5.32 Å². The molecule has 0 saturated heterocycles. The zero-order valence-electron chi connectivity index (χ0n) is 11.4. The summed E-state index contributed by atoms with van der Waals surface area (Å²) in [5.74, 6) is -0.249. The highest BCUT2D eigenvalue weighted by Gasteiger charge is 2.13. The first kappa shape index (κ1) is 13.3. The molecular weight excluding hydrogens is 263 g/mol. The first-order valence-electron chi connectivity index (χ1n) is 6.80. The Morgan fingerprint density at radius 1 is 0.810 bits per heavy atom. The lowest BCUT2D eigenvalue weighted by Crippen LogP contribution is -2.12. The van der Waals surface area contributed by atoms with Crippen LogP contribution in [-0.4, -0.2) is 4.98 Å². The van der Waals surface area contributed by atoms with Crippen molar-refractivity contribution in [1.29, 1.82) is 0 Å². The summed E-state index contributed by atoms with van der Waals surface area (Å²) in [5.41, 5.74) is 2.95. The summed E-state index contributed by atoms with van der Waals surface area (Å²) < 4.78 is 13.4. The Morgan fingerprint density at radius 2 is 1.52 bits per heavy atom. The van der Waals surface area contributed by atoms with E-state index in [9.17, 15) is 4.39 Å². The largest absolute Gasteiger partial charge is 0.374 e. The third kappa shape index (κ3) is 3.26. The lowest BCUT2D eigenvalue weighted by atomic mass is 9.99. The molecule has 1 heterocycles. The molecule has 0 saturated carbocycles. The lowest BCUT2D eigenvalue weighted by Gasteiger charge is -2.21. The van der Waals surface area contributed by atoms with Crippen LogP contribution in [0, 0.1) is 5.82 Å². The second-order valence-corrected chi connectivity index (χ2v) is 4.78. The number of anilines is 1. The van der Waals surface area contributed by atoms with Gasteiger partial charge in [-0.1, -0.05) is 36.4 Å². The van der Waals surface area contributed by atoms with Crippen molar-refractivity contribution >= 4 is 5.69 Å². The molecule has 3 aromatic rings. The normalized spacial score (nSPS) is 11.9. The zero-order valence-corrected chi connectivity index (χ0v) is 11.4. The van der Waals surface area contributed by atoms with Gasteiger partial charge in [0.25, 0.3) is 0 Å². The van der Waals surface area contributed by atoms with Crippen molar-refractivity contribution in [3.8, 4) is 0 Å². The fraction of sp³-hybridized carbons (Fsp3) is 0.0556. The van der Waals surface area contributed by atoms with E-state index < -0.39 is 0 Å². The number of halogens is 1. The van der Waals surface area contributed by atoms with E-state index in [0.29, 0.717) is 0 Å². The molecule has 0 spiro atoms. The van der Waals surface area contributed by atoms with Gasteiger partial charge in [-0.25, -0.2) is 4.39 Å². The Bertz CT molecular complexity index is 659. The van der Waals surface area contributed by atoms with Crippen molar-refractivity contribution in [3.05, 3.63) is 96.1 Å². The van der Waals surface area contributed by atoms with Crippen LogP contribution >= 0.6 is 0 Å². The molecule has 0 aliphatic rings. The number of rotatable bonds is 4. The van der Waals surface area contributed by atoms with E-state index in [0.717, 1.165) is 16.8 Å². The van der Waals surface area contributed by atoms with Crippen LogP contribution in [0.3, 0.4) is 0 Å². The topological polar surface area (TPSA) is 24.9 Å². The maximum Gasteiger partial charge on any atom is 0.125 e. The molecule has 1 unspecified atom stereocenters. The summed E-state index contributed by atoms with van der Waals surface area (Å²) in [6.45, 7) is 0. The summed E-state index contributed by atoms with van der Waals surface area (Å²) in [6.07, 6.45) is 3.52. The maximum absolute atomic E-state index is 13.4. The Hall–Kier alpha value is -2.68. The van der Waals surface area contributed by atoms with Gasteiger partial charge in [0.05, 0.1) is 6.04 Å². The van der Waals surface area contributed by atoms with Gasteiger partial charge in [-0.05, 0) is 41.5 Å². The lowest BCUT2D eigenvalue weighted by molar-refractivity contribution is 0.628. The van der Waals surface area contributed by atoms with Crippen LogP contribution in [0.5, 0.6) is 0 Å². The van der Waals surface area contributed by atoms with Gasteiger partial charge in [0.1, 0.15) is 5.82 Å². The standard InChI is InChI=1S/C18H15FN2/c19-16-7-4-8-17(13-16)21-18(14-5-2-1-3-6-14)15-9-11-20-12-10-15/h1-13,18,21H. The van der Waals surface area contributed by atoms with Crippen LogP contribution in [0.25, 0.3) is 0 Å². The molecule has 2 aromatic carbocycles. The number of hydrogen-bond acceptors (Lipinski definition) is 2. The van der Waals surface area contributed by atoms with Gasteiger partial charge in [0.15, 0.2) is 0 Å². The molecule has 0 bridgehead atoms. The fourth-order valence-electron chi connectivity index (χ4n) is 2.31. The molecular formula is C18H15FN2. The van der Waals surface area contributed by atoms with Gasteiger partial charge in [-0.15, -0.1) is 0 Å². The molecule has 0 aliphatic heterocycles. The molecule has 0 radical (unpaired) electrons. The summed E-state index contributed by atoms with van der Waals surface area (Å²) >= 11 is 0. The van der Waals surface area contributed by atoms with Crippen LogP contribution in [0.1, 0.15) is 17.2 Å². The minimum atomic E-state index is -0.249. The average molecular weight is 278 g/mol. The highest BCUT2D eigenvalue weighted by atomic mass is 19.1. The fourth-order valence-corrected chi connectivity index (χ4v) is 2.31. The zero-order chi connectivity index (χ0) is 14.5. The molecule has 3 heteroatoms. The second kappa shape index (κ2) is 6.18. The number of nitrogens with zero attached hydrogens (tertiary/aromatic N) is 1. The number of aromatic nitrogens is 1. The molecule has 2 nitrogen and oxygen atoms in total. The predicted molar refractivity (Wildman–Crippen MR) is 82.5 cm³/mol. The van der Waals surface area contributed by atoms with Gasteiger partial charge < -0.3 is 5.32 Å². The van der Waals surface area contributed by atoms with Gasteiger partial charge in [-0.3, -0.25) is 4.98 Å². The van der Waals surface area contributed by atoms with Crippen LogP contribution in [0.15, 0.2) is 79.1 Å². The molecule has 21 heavy (non-hydrogen) atoms. The van der Waals surface area contributed by atoms with Crippen LogP contribution in [-0.2, 0) is 0 Å². The van der Waals surface area contributed by atoms with E-state index in [2.05, 4.69) is 22.4 Å². The highest BCUT2D eigenvalue weighted by Crippen LogP contribution is 2.26. The van der Waals surface area contributed by atoms with Crippen molar-refractivity contribution in [2.24, 2.45) is 0 Å². The molecule has 3 rings (SSSR count). The molecule has 1 N–H and O–H groups in total. The van der Waals surface area contributed by atoms with Crippen molar-refractivity contribution in [2.75, 3.05) is 5.32 Å². The first-order chi connectivity index (χ1) is 10.3. The monoisotopic (exact) mass is 278 g/mol. The van der Waals surface area contributed by atoms with E-state index >= 15 is 0 Å². The quantitative estimate of drug-likeness (QED) is 0.764. The molecule has 1 aromatic heterocycles. The Balaban J connectivity index is 1.97. The van der Waals surface area contributed by atoms with Crippen molar-refractivity contribution < 1.29 is 4.39 Å².